The van der Waals surface area contributed by atoms with E-state index in [1.54, 1.807) is 0 Å². The summed E-state index contributed by atoms with van der Waals surface area (Å²) >= 11 is 0. The standard InChI is InChI=1S/C19H21NO2/c1-19(2)10-15-18(17(22)11-19)16(21)9-14-13-6-4-3-5-12(13)7-8-20(14)15/h3-6,14H,7-11H2,1-2H3/t14-/m1/s1. The van der Waals surface area contributed by atoms with Crippen LogP contribution in [0.15, 0.2) is 35.5 Å². The van der Waals surface area contributed by atoms with E-state index in [2.05, 4.69) is 36.9 Å². The molecule has 0 radical (unpaired) electrons. The molecule has 0 saturated heterocycles. The maximum Gasteiger partial charge on any atom is 0.170 e. The molecule has 1 aromatic rings. The molecule has 3 aliphatic rings. The molecular weight excluding hydrogens is 274 g/mol. The zero-order valence-electron chi connectivity index (χ0n) is 13.2. The average Bonchev–Trinajstić information content (AvgIpc) is 2.45. The zero-order chi connectivity index (χ0) is 15.5. The van der Waals surface area contributed by atoms with Gasteiger partial charge in [-0.15, -0.1) is 0 Å². The van der Waals surface area contributed by atoms with Gasteiger partial charge in [0.05, 0.1) is 11.6 Å². The minimum absolute atomic E-state index is 0.0466. The van der Waals surface area contributed by atoms with Crippen molar-refractivity contribution in [1.82, 2.24) is 4.90 Å². The summed E-state index contributed by atoms with van der Waals surface area (Å²) in [7, 11) is 0. The number of carbonyl (C=O) groups is 2. The summed E-state index contributed by atoms with van der Waals surface area (Å²) in [6.07, 6.45) is 2.76. The van der Waals surface area contributed by atoms with Gasteiger partial charge in [0.25, 0.3) is 0 Å². The van der Waals surface area contributed by atoms with Gasteiger partial charge in [-0.2, -0.15) is 0 Å². The quantitative estimate of drug-likeness (QED) is 0.690. The number of allylic oxidation sites excluding steroid dienone is 2. The van der Waals surface area contributed by atoms with Crippen molar-refractivity contribution < 1.29 is 9.59 Å². The third-order valence-electron chi connectivity index (χ3n) is 5.27. The molecule has 22 heavy (non-hydrogen) atoms. The molecule has 0 aromatic heterocycles. The van der Waals surface area contributed by atoms with Crippen LogP contribution in [0.25, 0.3) is 0 Å². The van der Waals surface area contributed by atoms with Crippen LogP contribution in [0.5, 0.6) is 0 Å². The third kappa shape index (κ3) is 1.95. The molecule has 2 aliphatic heterocycles. The van der Waals surface area contributed by atoms with Crippen LogP contribution in [0, 0.1) is 5.41 Å². The Morgan fingerprint density at radius 3 is 2.68 bits per heavy atom. The van der Waals surface area contributed by atoms with E-state index in [0.29, 0.717) is 18.4 Å². The highest BCUT2D eigenvalue weighted by Gasteiger charge is 2.44. The van der Waals surface area contributed by atoms with E-state index in [1.807, 2.05) is 6.07 Å². The first-order valence-corrected chi connectivity index (χ1v) is 8.10. The SMILES string of the molecule is CC1(C)CC(=O)C2=C(C1)N1CCc3ccccc3[C@H]1CC2=O. The Hall–Kier alpha value is -1.90. The molecular formula is C19H21NO2. The molecule has 0 saturated carbocycles. The number of carbonyl (C=O) groups excluding carboxylic acids is 2. The van der Waals surface area contributed by atoms with Crippen molar-refractivity contribution in [3.8, 4) is 0 Å². The van der Waals surface area contributed by atoms with Gasteiger partial charge in [0.2, 0.25) is 0 Å². The van der Waals surface area contributed by atoms with E-state index in [-0.39, 0.29) is 23.0 Å². The van der Waals surface area contributed by atoms with E-state index >= 15 is 0 Å². The van der Waals surface area contributed by atoms with Crippen LogP contribution >= 0.6 is 0 Å². The second-order valence-electron chi connectivity index (χ2n) is 7.55. The molecule has 3 nitrogen and oxygen atoms in total. The molecule has 0 N–H and O–H groups in total. The predicted molar refractivity (Wildman–Crippen MR) is 84.3 cm³/mol. The summed E-state index contributed by atoms with van der Waals surface area (Å²) in [5, 5.41) is 0. The summed E-state index contributed by atoms with van der Waals surface area (Å²) in [5.74, 6) is 0.0991. The van der Waals surface area contributed by atoms with Crippen LogP contribution in [0.3, 0.4) is 0 Å². The molecule has 4 rings (SSSR count). The first-order valence-electron chi connectivity index (χ1n) is 8.10. The zero-order valence-corrected chi connectivity index (χ0v) is 13.2. The van der Waals surface area contributed by atoms with E-state index in [4.69, 9.17) is 0 Å². The largest absolute Gasteiger partial charge is 0.366 e. The molecule has 3 heteroatoms. The van der Waals surface area contributed by atoms with Crippen molar-refractivity contribution in [2.45, 2.75) is 45.6 Å². The summed E-state index contributed by atoms with van der Waals surface area (Å²) in [5.41, 5.74) is 4.09. The van der Waals surface area contributed by atoms with Crippen LogP contribution in [-0.2, 0) is 16.0 Å². The predicted octanol–water partition coefficient (Wildman–Crippen LogP) is 3.20. The number of nitrogens with zero attached hydrogens (tertiary/aromatic N) is 1. The first kappa shape index (κ1) is 13.7. The van der Waals surface area contributed by atoms with Crippen LogP contribution in [0.1, 0.15) is 50.3 Å². The fourth-order valence-corrected chi connectivity index (χ4v) is 4.32. The summed E-state index contributed by atoms with van der Waals surface area (Å²) in [4.78, 5) is 27.4. The summed E-state index contributed by atoms with van der Waals surface area (Å²) < 4.78 is 0. The van der Waals surface area contributed by atoms with Crippen molar-refractivity contribution in [1.29, 1.82) is 0 Å². The van der Waals surface area contributed by atoms with Gasteiger partial charge in [0.1, 0.15) is 0 Å². The Morgan fingerprint density at radius 1 is 1.09 bits per heavy atom. The number of Topliss-reactive ketones (excluding diaryl/α,β-unsaturated/α-hetero) is 2. The Morgan fingerprint density at radius 2 is 1.86 bits per heavy atom. The van der Waals surface area contributed by atoms with E-state index in [9.17, 15) is 9.59 Å². The second-order valence-corrected chi connectivity index (χ2v) is 7.55. The highest BCUT2D eigenvalue weighted by Crippen LogP contribution is 2.47. The number of benzene rings is 1. The highest BCUT2D eigenvalue weighted by atomic mass is 16.1. The molecule has 0 bridgehead atoms. The fraction of sp³-hybridized carbons (Fsp3) is 0.474. The van der Waals surface area contributed by atoms with Crippen molar-refractivity contribution in [3.63, 3.8) is 0 Å². The number of hydrogen-bond donors (Lipinski definition) is 0. The topological polar surface area (TPSA) is 37.4 Å². The maximum absolute atomic E-state index is 12.6. The van der Waals surface area contributed by atoms with Gasteiger partial charge in [0, 0.05) is 25.1 Å². The lowest BCUT2D eigenvalue weighted by Crippen LogP contribution is -2.45. The molecule has 1 aliphatic carbocycles. The minimum atomic E-state index is -0.0466. The smallest absolute Gasteiger partial charge is 0.170 e. The van der Waals surface area contributed by atoms with E-state index in [1.165, 1.54) is 11.1 Å². The van der Waals surface area contributed by atoms with Crippen molar-refractivity contribution in [2.24, 2.45) is 5.41 Å². The number of rotatable bonds is 0. The third-order valence-corrected chi connectivity index (χ3v) is 5.27. The number of hydrogen-bond acceptors (Lipinski definition) is 3. The lowest BCUT2D eigenvalue weighted by Gasteiger charge is -2.47. The van der Waals surface area contributed by atoms with Gasteiger partial charge in [-0.3, -0.25) is 9.59 Å². The second kappa shape index (κ2) is 4.55. The molecule has 1 aromatic carbocycles. The Kier molecular flexibility index (Phi) is 2.84. The van der Waals surface area contributed by atoms with Gasteiger partial charge in [-0.1, -0.05) is 38.1 Å². The number of fused-ring (bicyclic) bond motifs is 4. The Bertz CT molecular complexity index is 714. The van der Waals surface area contributed by atoms with Crippen LogP contribution in [0.4, 0.5) is 0 Å². The number of ketones is 2. The van der Waals surface area contributed by atoms with E-state index < -0.39 is 0 Å². The first-order chi connectivity index (χ1) is 10.5. The lowest BCUT2D eigenvalue weighted by atomic mass is 9.71. The van der Waals surface area contributed by atoms with Crippen molar-refractivity contribution in [3.05, 3.63) is 46.7 Å². The molecule has 2 heterocycles. The van der Waals surface area contributed by atoms with Gasteiger partial charge in [-0.25, -0.2) is 0 Å². The highest BCUT2D eigenvalue weighted by molar-refractivity contribution is 6.22. The van der Waals surface area contributed by atoms with Crippen LogP contribution in [0.2, 0.25) is 0 Å². The molecule has 0 fully saturated rings. The summed E-state index contributed by atoms with van der Waals surface area (Å²) in [6.45, 7) is 5.17. The molecule has 114 valence electrons. The van der Waals surface area contributed by atoms with Gasteiger partial charge < -0.3 is 4.90 Å². The molecule has 0 amide bonds. The lowest BCUT2D eigenvalue weighted by molar-refractivity contribution is -0.125. The van der Waals surface area contributed by atoms with Gasteiger partial charge in [-0.05, 0) is 29.4 Å². The van der Waals surface area contributed by atoms with Crippen LogP contribution in [-0.4, -0.2) is 23.0 Å². The fourth-order valence-electron chi connectivity index (χ4n) is 4.32. The maximum atomic E-state index is 12.6. The van der Waals surface area contributed by atoms with Crippen molar-refractivity contribution in [2.75, 3.05) is 6.54 Å². The normalized spacial score (nSPS) is 26.5. The monoisotopic (exact) mass is 295 g/mol. The minimum Gasteiger partial charge on any atom is -0.366 e. The Labute approximate surface area is 131 Å². The van der Waals surface area contributed by atoms with Gasteiger partial charge in [0.15, 0.2) is 11.6 Å². The van der Waals surface area contributed by atoms with Crippen LogP contribution < -0.4 is 0 Å². The molecule has 0 unspecified atom stereocenters. The average molecular weight is 295 g/mol. The Balaban J connectivity index is 1.83. The van der Waals surface area contributed by atoms with Gasteiger partial charge >= 0.3 is 0 Å². The van der Waals surface area contributed by atoms with Crippen molar-refractivity contribution >= 4 is 11.6 Å². The van der Waals surface area contributed by atoms with E-state index in [0.717, 1.165) is 25.1 Å². The summed E-state index contributed by atoms with van der Waals surface area (Å²) in [6, 6.07) is 8.54. The molecule has 1 atom stereocenters. The molecule has 0 spiro atoms.